The fourth-order valence-corrected chi connectivity index (χ4v) is 3.20. The van der Waals surface area contributed by atoms with Crippen LogP contribution in [0.3, 0.4) is 0 Å². The van der Waals surface area contributed by atoms with E-state index in [-0.39, 0.29) is 0 Å². The average Bonchev–Trinajstić information content (AvgIpc) is 2.95. The molecule has 3 nitrogen and oxygen atoms in total. The predicted molar refractivity (Wildman–Crippen MR) is 89.4 cm³/mol. The number of hydrogen-bond acceptors (Lipinski definition) is 2. The summed E-state index contributed by atoms with van der Waals surface area (Å²) in [5.41, 5.74) is 1.48. The summed E-state index contributed by atoms with van der Waals surface area (Å²) < 4.78 is 3.31. The Morgan fingerprint density at radius 3 is 2.71 bits per heavy atom. The number of halogens is 1. The first-order valence-electron chi connectivity index (χ1n) is 7.76. The summed E-state index contributed by atoms with van der Waals surface area (Å²) in [5, 5.41) is 3.68. The molecule has 0 saturated heterocycles. The molecule has 1 fully saturated rings. The minimum atomic E-state index is 0.715. The van der Waals surface area contributed by atoms with Crippen molar-refractivity contribution >= 4 is 15.9 Å². The quantitative estimate of drug-likeness (QED) is 0.768. The van der Waals surface area contributed by atoms with Crippen LogP contribution in [0.2, 0.25) is 0 Å². The van der Waals surface area contributed by atoms with Gasteiger partial charge in [0.15, 0.2) is 0 Å². The van der Waals surface area contributed by atoms with Gasteiger partial charge < -0.3 is 9.88 Å². The number of aryl methyl sites for hydroxylation is 1. The van der Waals surface area contributed by atoms with Gasteiger partial charge in [-0.15, -0.1) is 0 Å². The van der Waals surface area contributed by atoms with Crippen LogP contribution < -0.4 is 5.32 Å². The highest BCUT2D eigenvalue weighted by molar-refractivity contribution is 9.10. The van der Waals surface area contributed by atoms with Crippen molar-refractivity contribution in [1.82, 2.24) is 14.9 Å². The molecule has 0 spiro atoms. The van der Waals surface area contributed by atoms with Crippen LogP contribution in [0.4, 0.5) is 0 Å². The van der Waals surface area contributed by atoms with Crippen molar-refractivity contribution in [3.8, 4) is 0 Å². The lowest BCUT2D eigenvalue weighted by Crippen LogP contribution is -2.40. The molecule has 4 heteroatoms. The van der Waals surface area contributed by atoms with E-state index in [4.69, 9.17) is 0 Å². The van der Waals surface area contributed by atoms with Gasteiger partial charge in [-0.25, -0.2) is 4.98 Å². The van der Waals surface area contributed by atoms with E-state index in [2.05, 4.69) is 55.1 Å². The van der Waals surface area contributed by atoms with Gasteiger partial charge in [0.1, 0.15) is 0 Å². The molecule has 1 aromatic carbocycles. The molecule has 2 aromatic rings. The van der Waals surface area contributed by atoms with E-state index >= 15 is 0 Å². The first kappa shape index (κ1) is 14.8. The van der Waals surface area contributed by atoms with Gasteiger partial charge in [-0.05, 0) is 55.8 Å². The second-order valence-corrected chi connectivity index (χ2v) is 6.79. The SMILES string of the molecule is Brc1ccc(C2CC(NCCCCn3ccnc3)C2)cc1. The van der Waals surface area contributed by atoms with Gasteiger partial charge in [0.05, 0.1) is 6.33 Å². The first-order chi connectivity index (χ1) is 10.3. The van der Waals surface area contributed by atoms with Crippen LogP contribution in [-0.2, 0) is 6.54 Å². The molecular formula is C17H22BrN3. The van der Waals surface area contributed by atoms with Gasteiger partial charge in [-0.1, -0.05) is 28.1 Å². The standard InChI is InChI=1S/C17H22BrN3/c18-16-5-3-14(4-6-16)15-11-17(12-15)20-7-1-2-9-21-10-8-19-13-21/h3-6,8,10,13,15,17,20H,1-2,7,9,11-12H2. The Balaban J connectivity index is 1.28. The first-order valence-corrected chi connectivity index (χ1v) is 8.55. The summed E-state index contributed by atoms with van der Waals surface area (Å²) >= 11 is 3.49. The highest BCUT2D eigenvalue weighted by Crippen LogP contribution is 2.37. The Labute approximate surface area is 134 Å². The van der Waals surface area contributed by atoms with Crippen molar-refractivity contribution in [3.05, 3.63) is 53.0 Å². The number of hydrogen-bond donors (Lipinski definition) is 1. The van der Waals surface area contributed by atoms with Gasteiger partial charge in [0.2, 0.25) is 0 Å². The summed E-state index contributed by atoms with van der Waals surface area (Å²) in [6, 6.07) is 9.50. The van der Waals surface area contributed by atoms with Crippen LogP contribution in [0.1, 0.15) is 37.2 Å². The van der Waals surface area contributed by atoms with Gasteiger partial charge in [-0.2, -0.15) is 0 Å². The molecule has 0 amide bonds. The molecule has 3 rings (SSSR count). The molecule has 0 aliphatic heterocycles. The van der Waals surface area contributed by atoms with Crippen molar-refractivity contribution in [1.29, 1.82) is 0 Å². The van der Waals surface area contributed by atoms with E-state index in [1.165, 1.54) is 31.2 Å². The maximum atomic E-state index is 4.06. The Kier molecular flexibility index (Phi) is 5.09. The summed E-state index contributed by atoms with van der Waals surface area (Å²) in [4.78, 5) is 4.06. The Morgan fingerprint density at radius 1 is 1.19 bits per heavy atom. The van der Waals surface area contributed by atoms with Crippen molar-refractivity contribution in [2.45, 2.75) is 44.2 Å². The lowest BCUT2D eigenvalue weighted by atomic mass is 9.76. The van der Waals surface area contributed by atoms with Gasteiger partial charge in [-0.3, -0.25) is 0 Å². The van der Waals surface area contributed by atoms with E-state index in [0.29, 0.717) is 6.04 Å². The van der Waals surface area contributed by atoms with Crippen LogP contribution >= 0.6 is 15.9 Å². The normalized spacial score (nSPS) is 21.2. The molecule has 1 aromatic heterocycles. The molecule has 1 N–H and O–H groups in total. The maximum Gasteiger partial charge on any atom is 0.0945 e. The third-order valence-electron chi connectivity index (χ3n) is 4.31. The van der Waals surface area contributed by atoms with E-state index in [0.717, 1.165) is 23.5 Å². The van der Waals surface area contributed by atoms with Crippen LogP contribution in [-0.4, -0.2) is 22.1 Å². The molecule has 1 aliphatic rings. The predicted octanol–water partition coefficient (Wildman–Crippen LogP) is 3.96. The Morgan fingerprint density at radius 2 is 2.00 bits per heavy atom. The van der Waals surface area contributed by atoms with Crippen LogP contribution in [0.25, 0.3) is 0 Å². The molecular weight excluding hydrogens is 326 g/mol. The minimum Gasteiger partial charge on any atom is -0.337 e. The summed E-state index contributed by atoms with van der Waals surface area (Å²) in [5.74, 6) is 0.751. The molecule has 0 atom stereocenters. The van der Waals surface area contributed by atoms with E-state index in [1.54, 1.807) is 0 Å². The second kappa shape index (κ2) is 7.23. The number of imidazole rings is 1. The number of benzene rings is 1. The molecule has 0 bridgehead atoms. The summed E-state index contributed by atoms with van der Waals surface area (Å²) in [7, 11) is 0. The van der Waals surface area contributed by atoms with Gasteiger partial charge in [0, 0.05) is 29.5 Å². The summed E-state index contributed by atoms with van der Waals surface area (Å²) in [6.45, 7) is 2.21. The van der Waals surface area contributed by atoms with E-state index < -0.39 is 0 Å². The molecule has 0 radical (unpaired) electrons. The lowest BCUT2D eigenvalue weighted by Gasteiger charge is -2.36. The number of nitrogens with zero attached hydrogens (tertiary/aromatic N) is 2. The molecule has 1 saturated carbocycles. The molecule has 1 aliphatic carbocycles. The zero-order valence-electron chi connectivity index (χ0n) is 12.2. The fourth-order valence-electron chi connectivity index (χ4n) is 2.94. The van der Waals surface area contributed by atoms with Gasteiger partial charge >= 0.3 is 0 Å². The third kappa shape index (κ3) is 4.17. The van der Waals surface area contributed by atoms with Crippen molar-refractivity contribution in [3.63, 3.8) is 0 Å². The number of nitrogens with one attached hydrogen (secondary N) is 1. The Hall–Kier alpha value is -1.13. The number of unbranched alkanes of at least 4 members (excludes halogenated alkanes) is 1. The molecule has 112 valence electrons. The number of aromatic nitrogens is 2. The largest absolute Gasteiger partial charge is 0.337 e. The molecule has 0 unspecified atom stereocenters. The van der Waals surface area contributed by atoms with Crippen LogP contribution in [0.5, 0.6) is 0 Å². The van der Waals surface area contributed by atoms with Gasteiger partial charge in [0.25, 0.3) is 0 Å². The highest BCUT2D eigenvalue weighted by Gasteiger charge is 2.29. The molecule has 1 heterocycles. The smallest absolute Gasteiger partial charge is 0.0945 e. The Bertz CT molecular complexity index is 530. The number of rotatable bonds is 7. The minimum absolute atomic E-state index is 0.715. The molecule has 21 heavy (non-hydrogen) atoms. The zero-order chi connectivity index (χ0) is 14.5. The maximum absolute atomic E-state index is 4.06. The monoisotopic (exact) mass is 347 g/mol. The topological polar surface area (TPSA) is 29.9 Å². The fraction of sp³-hybridized carbons (Fsp3) is 0.471. The van der Waals surface area contributed by atoms with Crippen LogP contribution in [0.15, 0.2) is 47.5 Å². The highest BCUT2D eigenvalue weighted by atomic mass is 79.9. The zero-order valence-corrected chi connectivity index (χ0v) is 13.8. The van der Waals surface area contributed by atoms with Crippen molar-refractivity contribution in [2.75, 3.05) is 6.54 Å². The van der Waals surface area contributed by atoms with Crippen molar-refractivity contribution < 1.29 is 0 Å². The van der Waals surface area contributed by atoms with E-state index in [1.807, 2.05) is 18.7 Å². The average molecular weight is 348 g/mol. The third-order valence-corrected chi connectivity index (χ3v) is 4.84. The van der Waals surface area contributed by atoms with Crippen LogP contribution in [0, 0.1) is 0 Å². The van der Waals surface area contributed by atoms with Crippen molar-refractivity contribution in [2.24, 2.45) is 0 Å². The lowest BCUT2D eigenvalue weighted by molar-refractivity contribution is 0.289. The second-order valence-electron chi connectivity index (χ2n) is 5.88. The summed E-state index contributed by atoms with van der Waals surface area (Å²) in [6.07, 6.45) is 10.8. The van der Waals surface area contributed by atoms with E-state index in [9.17, 15) is 0 Å².